The number of nitrogens with two attached hydrogens (primary N) is 1. The van der Waals surface area contributed by atoms with Gasteiger partial charge in [-0.05, 0) is 54.5 Å². The predicted octanol–water partition coefficient (Wildman–Crippen LogP) is 3.32. The third-order valence-corrected chi connectivity index (χ3v) is 8.11. The van der Waals surface area contributed by atoms with E-state index in [0.29, 0.717) is 18.5 Å². The van der Waals surface area contributed by atoms with Gasteiger partial charge in [0.1, 0.15) is 17.3 Å². The lowest BCUT2D eigenvalue weighted by Crippen LogP contribution is -2.48. The summed E-state index contributed by atoms with van der Waals surface area (Å²) in [4.78, 5) is 25.1. The molecule has 184 valence electrons. The number of pyridine rings is 1. The fraction of sp³-hybridized carbons (Fsp3) is 0.333. The lowest BCUT2D eigenvalue weighted by atomic mass is 9.76. The van der Waals surface area contributed by atoms with Gasteiger partial charge in [-0.15, -0.1) is 0 Å². The summed E-state index contributed by atoms with van der Waals surface area (Å²) in [6.45, 7) is 1.86. The molecule has 8 nitrogen and oxygen atoms in total. The number of anilines is 1. The standard InChI is InChI=1S/C24H25F2N5O3S/c1-13-10-14(11-18(27)22(13)35(2,33)34)15-6-8-28-12-20(15)31-24(32)19-7-9-29-23(30-19)21-16(25)4-3-5-17(21)26/h3-9,12-14,18,22H,10-11,27H2,1-2H3,(H,31,32)/t13-,14+,18+,22-/m0/s1. The van der Waals surface area contributed by atoms with Crippen LogP contribution < -0.4 is 11.1 Å². The molecule has 1 aliphatic rings. The number of sulfone groups is 1. The molecule has 11 heteroatoms. The maximum Gasteiger partial charge on any atom is 0.274 e. The number of carbonyl (C=O) groups excluding carboxylic acids is 1. The number of rotatable bonds is 5. The topological polar surface area (TPSA) is 128 Å². The van der Waals surface area contributed by atoms with Gasteiger partial charge in [0.05, 0.1) is 22.7 Å². The molecule has 1 aliphatic carbocycles. The van der Waals surface area contributed by atoms with Crippen LogP contribution in [0, 0.1) is 17.6 Å². The Labute approximate surface area is 201 Å². The van der Waals surface area contributed by atoms with E-state index in [1.165, 1.54) is 30.8 Å². The number of nitrogens with zero attached hydrogens (tertiary/aromatic N) is 3. The number of aromatic nitrogens is 3. The lowest BCUT2D eigenvalue weighted by Gasteiger charge is -2.38. The molecule has 0 aliphatic heterocycles. The van der Waals surface area contributed by atoms with Gasteiger partial charge in [-0.1, -0.05) is 13.0 Å². The Morgan fingerprint density at radius 3 is 2.49 bits per heavy atom. The van der Waals surface area contributed by atoms with Crippen molar-refractivity contribution in [1.82, 2.24) is 15.0 Å². The van der Waals surface area contributed by atoms with Gasteiger partial charge < -0.3 is 11.1 Å². The molecular weight excluding hydrogens is 476 g/mol. The zero-order chi connectivity index (χ0) is 25.3. The first kappa shape index (κ1) is 24.8. The third kappa shape index (κ3) is 5.20. The Bertz CT molecular complexity index is 1340. The third-order valence-electron chi connectivity index (χ3n) is 6.31. The first-order valence-corrected chi connectivity index (χ1v) is 13.0. The number of carbonyl (C=O) groups is 1. The summed E-state index contributed by atoms with van der Waals surface area (Å²) in [5.74, 6) is -2.81. The summed E-state index contributed by atoms with van der Waals surface area (Å²) < 4.78 is 52.7. The minimum absolute atomic E-state index is 0.0849. The molecule has 4 rings (SSSR count). The molecule has 35 heavy (non-hydrogen) atoms. The van der Waals surface area contributed by atoms with Crippen LogP contribution in [0.1, 0.15) is 41.7 Å². The molecule has 2 aromatic heterocycles. The Morgan fingerprint density at radius 2 is 1.83 bits per heavy atom. The predicted molar refractivity (Wildman–Crippen MR) is 127 cm³/mol. The van der Waals surface area contributed by atoms with Crippen molar-refractivity contribution in [2.75, 3.05) is 11.6 Å². The van der Waals surface area contributed by atoms with Crippen molar-refractivity contribution in [2.45, 2.75) is 37.0 Å². The quantitative estimate of drug-likeness (QED) is 0.549. The highest BCUT2D eigenvalue weighted by molar-refractivity contribution is 7.91. The van der Waals surface area contributed by atoms with Gasteiger partial charge >= 0.3 is 0 Å². The molecule has 0 radical (unpaired) electrons. The van der Waals surface area contributed by atoms with Gasteiger partial charge in [0.25, 0.3) is 5.91 Å². The van der Waals surface area contributed by atoms with Crippen molar-refractivity contribution in [3.8, 4) is 11.4 Å². The van der Waals surface area contributed by atoms with E-state index < -0.39 is 44.2 Å². The fourth-order valence-electron chi connectivity index (χ4n) is 4.93. The number of amides is 1. The Hall–Kier alpha value is -3.31. The van der Waals surface area contributed by atoms with E-state index in [4.69, 9.17) is 5.73 Å². The number of halogens is 2. The van der Waals surface area contributed by atoms with Crippen LogP contribution in [0.5, 0.6) is 0 Å². The summed E-state index contributed by atoms with van der Waals surface area (Å²) in [7, 11) is -3.30. The first-order valence-electron chi connectivity index (χ1n) is 11.0. The van der Waals surface area contributed by atoms with E-state index in [1.807, 2.05) is 6.92 Å². The molecule has 3 aromatic rings. The molecule has 0 spiro atoms. The molecule has 1 aromatic carbocycles. The molecular formula is C24H25F2N5O3S. The Balaban J connectivity index is 1.59. The van der Waals surface area contributed by atoms with Crippen LogP contribution in [0.4, 0.5) is 14.5 Å². The summed E-state index contributed by atoms with van der Waals surface area (Å²) in [5.41, 5.74) is 6.96. The van der Waals surface area contributed by atoms with E-state index >= 15 is 0 Å². The first-order chi connectivity index (χ1) is 16.6. The molecule has 1 amide bonds. The molecule has 0 saturated heterocycles. The zero-order valence-electron chi connectivity index (χ0n) is 19.2. The maximum absolute atomic E-state index is 14.2. The van der Waals surface area contributed by atoms with Gasteiger partial charge in [-0.2, -0.15) is 0 Å². The minimum atomic E-state index is -3.30. The highest BCUT2D eigenvalue weighted by Crippen LogP contribution is 2.40. The van der Waals surface area contributed by atoms with Crippen LogP contribution in [0.15, 0.2) is 48.9 Å². The monoisotopic (exact) mass is 501 g/mol. The molecule has 1 fully saturated rings. The van der Waals surface area contributed by atoms with Crippen molar-refractivity contribution in [3.05, 3.63) is 71.8 Å². The van der Waals surface area contributed by atoms with Crippen LogP contribution in [0.3, 0.4) is 0 Å². The average Bonchev–Trinajstić information content (AvgIpc) is 2.78. The molecule has 0 unspecified atom stereocenters. The van der Waals surface area contributed by atoms with E-state index in [-0.39, 0.29) is 23.4 Å². The highest BCUT2D eigenvalue weighted by atomic mass is 32.2. The van der Waals surface area contributed by atoms with Crippen molar-refractivity contribution < 1.29 is 22.0 Å². The molecule has 1 saturated carbocycles. The van der Waals surface area contributed by atoms with Crippen LogP contribution >= 0.6 is 0 Å². The van der Waals surface area contributed by atoms with Crippen molar-refractivity contribution in [3.63, 3.8) is 0 Å². The normalized spacial score (nSPS) is 22.5. The number of hydrogen-bond acceptors (Lipinski definition) is 7. The van der Waals surface area contributed by atoms with E-state index in [1.54, 1.807) is 12.3 Å². The average molecular weight is 502 g/mol. The van der Waals surface area contributed by atoms with Crippen LogP contribution in [0.2, 0.25) is 0 Å². The number of hydrogen-bond donors (Lipinski definition) is 2. The zero-order valence-corrected chi connectivity index (χ0v) is 20.0. The summed E-state index contributed by atoms with van der Waals surface area (Å²) >= 11 is 0. The molecule has 2 heterocycles. The second-order valence-electron chi connectivity index (χ2n) is 8.88. The highest BCUT2D eigenvalue weighted by Gasteiger charge is 2.40. The van der Waals surface area contributed by atoms with Gasteiger partial charge in [0.15, 0.2) is 15.7 Å². The largest absolute Gasteiger partial charge is 0.326 e. The molecule has 4 atom stereocenters. The van der Waals surface area contributed by atoms with Crippen molar-refractivity contribution in [1.29, 1.82) is 0 Å². The van der Waals surface area contributed by atoms with Crippen molar-refractivity contribution >= 4 is 21.4 Å². The summed E-state index contributed by atoms with van der Waals surface area (Å²) in [6, 6.07) is 5.95. The van der Waals surface area contributed by atoms with E-state index in [9.17, 15) is 22.0 Å². The summed E-state index contributed by atoms with van der Waals surface area (Å²) in [5, 5.41) is 2.14. The van der Waals surface area contributed by atoms with Crippen LogP contribution in [-0.2, 0) is 9.84 Å². The number of benzene rings is 1. The van der Waals surface area contributed by atoms with E-state index in [2.05, 4.69) is 20.3 Å². The van der Waals surface area contributed by atoms with Gasteiger partial charge in [-0.25, -0.2) is 27.2 Å². The van der Waals surface area contributed by atoms with Crippen molar-refractivity contribution in [2.24, 2.45) is 11.7 Å². The van der Waals surface area contributed by atoms with E-state index in [0.717, 1.165) is 17.7 Å². The van der Waals surface area contributed by atoms with Crippen LogP contribution in [-0.4, -0.2) is 46.8 Å². The fourth-order valence-corrected chi connectivity index (χ4v) is 6.63. The summed E-state index contributed by atoms with van der Waals surface area (Å²) in [6.07, 6.45) is 6.54. The van der Waals surface area contributed by atoms with Gasteiger partial charge in [-0.3, -0.25) is 9.78 Å². The smallest absolute Gasteiger partial charge is 0.274 e. The second kappa shape index (κ2) is 9.74. The lowest BCUT2D eigenvalue weighted by molar-refractivity contribution is 0.102. The van der Waals surface area contributed by atoms with Gasteiger partial charge in [0.2, 0.25) is 0 Å². The minimum Gasteiger partial charge on any atom is -0.326 e. The van der Waals surface area contributed by atoms with Crippen LogP contribution in [0.25, 0.3) is 11.4 Å². The Kier molecular flexibility index (Phi) is 6.91. The maximum atomic E-state index is 14.2. The van der Waals surface area contributed by atoms with Gasteiger partial charge in [0, 0.05) is 24.7 Å². The second-order valence-corrected chi connectivity index (χ2v) is 11.1. The molecule has 3 N–H and O–H groups in total. The molecule has 0 bridgehead atoms. The number of nitrogens with one attached hydrogen (secondary N) is 1. The SMILES string of the molecule is C[C@H]1C[C@@H](c2ccncc2NC(=O)c2ccnc(-c3c(F)cccc3F)n2)C[C@@H](N)[C@H]1S(C)(=O)=O. The Morgan fingerprint density at radius 1 is 1.11 bits per heavy atom.